The molecule has 2 heterocycles. The summed E-state index contributed by atoms with van der Waals surface area (Å²) in [5.74, 6) is -2.47. The maximum atomic E-state index is 15.1. The number of para-hydroxylation sites is 1. The summed E-state index contributed by atoms with van der Waals surface area (Å²) in [4.78, 5) is 50.9. The summed E-state index contributed by atoms with van der Waals surface area (Å²) < 4.78 is 31.6. The first kappa shape index (κ1) is 34.8. The van der Waals surface area contributed by atoms with Gasteiger partial charge in [-0.15, -0.1) is 0 Å². The summed E-state index contributed by atoms with van der Waals surface area (Å²) in [6.45, 7) is 3.73. The average Bonchev–Trinajstić information content (AvgIpc) is 3.81. The zero-order valence-corrected chi connectivity index (χ0v) is 29.2. The molecule has 2 atom stereocenters. The van der Waals surface area contributed by atoms with Crippen LogP contribution in [0.2, 0.25) is 0 Å². The van der Waals surface area contributed by atoms with E-state index in [1.54, 1.807) is 55.2 Å². The minimum atomic E-state index is -4.69. The number of carbonyl (C=O) groups excluding carboxylic acids is 3. The van der Waals surface area contributed by atoms with Gasteiger partial charge in [-0.25, -0.2) is 17.7 Å². The van der Waals surface area contributed by atoms with Gasteiger partial charge in [-0.2, -0.15) is 0 Å². The lowest BCUT2D eigenvalue weighted by molar-refractivity contribution is -0.137. The molecule has 51 heavy (non-hydrogen) atoms. The van der Waals surface area contributed by atoms with E-state index in [2.05, 4.69) is 9.97 Å². The number of aromatic amines is 1. The molecule has 4 aromatic carbocycles. The number of nitrogens with one attached hydrogen (secondary N) is 1. The van der Waals surface area contributed by atoms with E-state index in [1.165, 1.54) is 36.2 Å². The van der Waals surface area contributed by atoms with Crippen LogP contribution in [0.4, 0.5) is 0 Å². The number of hydrogen-bond acceptors (Lipinski definition) is 6. The second kappa shape index (κ2) is 14.5. The van der Waals surface area contributed by atoms with Crippen LogP contribution in [0.3, 0.4) is 0 Å². The van der Waals surface area contributed by atoms with Crippen LogP contribution in [0.25, 0.3) is 16.6 Å². The van der Waals surface area contributed by atoms with Crippen LogP contribution in [0.1, 0.15) is 32.6 Å². The number of aromatic nitrogens is 3. The monoisotopic (exact) mass is 702 g/mol. The van der Waals surface area contributed by atoms with Gasteiger partial charge in [0.05, 0.1) is 11.2 Å². The third-order valence-electron chi connectivity index (χ3n) is 8.93. The SMILES string of the molecule is Cc1cc(C)cc(C(=O)N(C)[C@H](Cc2ccc(-n3ccnc3)cc2)C(=O)N([C@@H](Cc2c[nH]c3ccccc23)C(N)=O)S(=O)(=O)c2ccccc2)c1. The summed E-state index contributed by atoms with van der Waals surface area (Å²) >= 11 is 0. The van der Waals surface area contributed by atoms with Gasteiger partial charge in [-0.3, -0.25) is 14.4 Å². The molecule has 3 N–H and O–H groups in total. The molecule has 0 aliphatic carbocycles. The highest BCUT2D eigenvalue weighted by atomic mass is 32.2. The fourth-order valence-corrected chi connectivity index (χ4v) is 7.97. The summed E-state index contributed by atoms with van der Waals surface area (Å²) in [6.07, 6.45) is 6.52. The second-order valence-electron chi connectivity index (χ2n) is 12.6. The number of carbonyl (C=O) groups is 3. The maximum Gasteiger partial charge on any atom is 0.267 e. The highest BCUT2D eigenvalue weighted by Crippen LogP contribution is 2.27. The van der Waals surface area contributed by atoms with Crippen molar-refractivity contribution in [2.24, 2.45) is 5.73 Å². The summed E-state index contributed by atoms with van der Waals surface area (Å²) in [5, 5.41) is 0.755. The fraction of sp³-hybridized carbons (Fsp3) is 0.179. The van der Waals surface area contributed by atoms with E-state index in [4.69, 9.17) is 5.73 Å². The number of rotatable bonds is 12. The lowest BCUT2D eigenvalue weighted by Gasteiger charge is -2.35. The van der Waals surface area contributed by atoms with E-state index in [9.17, 15) is 18.0 Å². The normalized spacial score (nSPS) is 12.7. The number of sulfonamides is 1. The van der Waals surface area contributed by atoms with Crippen molar-refractivity contribution in [2.75, 3.05) is 7.05 Å². The van der Waals surface area contributed by atoms with Gasteiger partial charge in [-0.05, 0) is 67.4 Å². The lowest BCUT2D eigenvalue weighted by Crippen LogP contribution is -2.58. The minimum absolute atomic E-state index is 0.0601. The Balaban J connectivity index is 1.47. The minimum Gasteiger partial charge on any atom is -0.368 e. The molecule has 2 aromatic heterocycles. The average molecular weight is 703 g/mol. The molecule has 0 saturated heterocycles. The Bertz CT molecular complexity index is 2280. The Labute approximate surface area is 296 Å². The van der Waals surface area contributed by atoms with Crippen LogP contribution < -0.4 is 5.73 Å². The molecule has 0 radical (unpaired) electrons. The number of imidazole rings is 1. The molecule has 3 amide bonds. The van der Waals surface area contributed by atoms with E-state index in [1.807, 2.05) is 60.9 Å². The molecule has 0 bridgehead atoms. The van der Waals surface area contributed by atoms with Crippen LogP contribution in [0.15, 0.2) is 127 Å². The molecule has 11 nitrogen and oxygen atoms in total. The first-order valence-corrected chi connectivity index (χ1v) is 17.8. The van der Waals surface area contributed by atoms with Gasteiger partial charge in [0, 0.05) is 60.6 Å². The number of aryl methyl sites for hydroxylation is 2. The van der Waals surface area contributed by atoms with Crippen molar-refractivity contribution in [1.82, 2.24) is 23.7 Å². The molecule has 6 rings (SSSR count). The van der Waals surface area contributed by atoms with Gasteiger partial charge in [-0.1, -0.05) is 65.7 Å². The topological polar surface area (TPSA) is 151 Å². The van der Waals surface area contributed by atoms with Crippen LogP contribution in [0.5, 0.6) is 0 Å². The second-order valence-corrected chi connectivity index (χ2v) is 14.4. The Hall–Kier alpha value is -6.01. The summed E-state index contributed by atoms with van der Waals surface area (Å²) in [7, 11) is -3.22. The van der Waals surface area contributed by atoms with E-state index in [-0.39, 0.29) is 17.7 Å². The Kier molecular flexibility index (Phi) is 9.88. The van der Waals surface area contributed by atoms with Crippen LogP contribution in [-0.2, 0) is 32.5 Å². The Morgan fingerprint density at radius 1 is 0.863 bits per heavy atom. The lowest BCUT2D eigenvalue weighted by atomic mass is 10.00. The van der Waals surface area contributed by atoms with Crippen molar-refractivity contribution in [3.8, 4) is 5.69 Å². The molecule has 0 fully saturated rings. The number of nitrogens with zero attached hydrogens (tertiary/aromatic N) is 4. The molecular formula is C39H38N6O5S. The number of fused-ring (bicyclic) bond motifs is 1. The molecule has 0 aliphatic heterocycles. The molecule has 0 spiro atoms. The summed E-state index contributed by atoms with van der Waals surface area (Å²) in [6, 6.07) is 24.4. The maximum absolute atomic E-state index is 15.1. The summed E-state index contributed by atoms with van der Waals surface area (Å²) in [5.41, 5.74) is 10.9. The molecule has 0 saturated carbocycles. The predicted molar refractivity (Wildman–Crippen MR) is 195 cm³/mol. The third kappa shape index (κ3) is 7.31. The Morgan fingerprint density at radius 3 is 2.18 bits per heavy atom. The number of nitrogens with two attached hydrogens (primary N) is 1. The molecule has 0 aliphatic rings. The number of amides is 3. The van der Waals surface area contributed by atoms with Gasteiger partial charge in [0.15, 0.2) is 0 Å². The van der Waals surface area contributed by atoms with Crippen molar-refractivity contribution < 1.29 is 22.8 Å². The molecular weight excluding hydrogens is 665 g/mol. The number of H-pyrrole nitrogens is 1. The zero-order valence-electron chi connectivity index (χ0n) is 28.4. The molecule has 6 aromatic rings. The van der Waals surface area contributed by atoms with Gasteiger partial charge >= 0.3 is 0 Å². The van der Waals surface area contributed by atoms with Crippen molar-refractivity contribution in [3.05, 3.63) is 150 Å². The number of benzene rings is 4. The Morgan fingerprint density at radius 2 is 1.53 bits per heavy atom. The van der Waals surface area contributed by atoms with Crippen molar-refractivity contribution in [1.29, 1.82) is 0 Å². The van der Waals surface area contributed by atoms with Gasteiger partial charge < -0.3 is 20.2 Å². The van der Waals surface area contributed by atoms with Gasteiger partial charge in [0.25, 0.3) is 21.8 Å². The molecule has 0 unspecified atom stereocenters. The van der Waals surface area contributed by atoms with Crippen LogP contribution >= 0.6 is 0 Å². The van der Waals surface area contributed by atoms with Crippen LogP contribution in [0, 0.1) is 13.8 Å². The molecule has 260 valence electrons. The number of primary amides is 1. The highest BCUT2D eigenvalue weighted by Gasteiger charge is 2.44. The van der Waals surface area contributed by atoms with E-state index in [0.29, 0.717) is 21.0 Å². The smallest absolute Gasteiger partial charge is 0.267 e. The van der Waals surface area contributed by atoms with Crippen LogP contribution in [-0.4, -0.2) is 69.0 Å². The van der Waals surface area contributed by atoms with Crippen molar-refractivity contribution in [2.45, 2.75) is 43.7 Å². The predicted octanol–water partition coefficient (Wildman–Crippen LogP) is 4.97. The van der Waals surface area contributed by atoms with Gasteiger partial charge in [0.2, 0.25) is 5.91 Å². The fourth-order valence-electron chi connectivity index (χ4n) is 6.37. The molecule has 12 heteroatoms. The van der Waals surface area contributed by atoms with E-state index >= 15 is 4.79 Å². The van der Waals surface area contributed by atoms with Crippen molar-refractivity contribution in [3.63, 3.8) is 0 Å². The quantitative estimate of drug-likeness (QED) is 0.184. The highest BCUT2D eigenvalue weighted by molar-refractivity contribution is 7.89. The van der Waals surface area contributed by atoms with Gasteiger partial charge in [0.1, 0.15) is 12.1 Å². The third-order valence-corrected chi connectivity index (χ3v) is 10.7. The number of likely N-dealkylation sites (N-methyl/N-ethyl adjacent to an activating group) is 1. The number of hydrogen-bond donors (Lipinski definition) is 2. The van der Waals surface area contributed by atoms with E-state index in [0.717, 1.165) is 27.7 Å². The van der Waals surface area contributed by atoms with E-state index < -0.39 is 39.8 Å². The first-order chi connectivity index (χ1) is 24.4. The zero-order chi connectivity index (χ0) is 36.3. The van der Waals surface area contributed by atoms with Crippen molar-refractivity contribution >= 4 is 38.6 Å². The standard InChI is InChI=1S/C39H38N6O5S/c1-26-19-27(2)21-29(20-26)38(47)43(3)36(22-28-13-15-31(16-14-28)44-18-17-41-25-44)39(48)45(51(49,50)32-9-5-4-6-10-32)35(37(40)46)23-30-24-42-34-12-8-7-11-33(30)34/h4-21,24-25,35-36,42H,22-23H2,1-3H3,(H2,40,46)/t35-,36+/m0/s1. The largest absolute Gasteiger partial charge is 0.368 e. The first-order valence-electron chi connectivity index (χ1n) is 16.3.